The Morgan fingerprint density at radius 1 is 1.33 bits per heavy atom. The summed E-state index contributed by atoms with van der Waals surface area (Å²) in [6, 6.07) is 9.51. The van der Waals surface area contributed by atoms with E-state index in [0.29, 0.717) is 12.1 Å². The van der Waals surface area contributed by atoms with Gasteiger partial charge in [-0.1, -0.05) is 25.1 Å². The van der Waals surface area contributed by atoms with Crippen LogP contribution >= 0.6 is 0 Å². The van der Waals surface area contributed by atoms with Gasteiger partial charge in [-0.25, -0.2) is 0 Å². The van der Waals surface area contributed by atoms with Crippen LogP contribution in [0.4, 0.5) is 0 Å². The van der Waals surface area contributed by atoms with Gasteiger partial charge >= 0.3 is 0 Å². The van der Waals surface area contributed by atoms with Crippen LogP contribution in [0.25, 0.3) is 0 Å². The highest BCUT2D eigenvalue weighted by molar-refractivity contribution is 5.38. The molecule has 3 nitrogen and oxygen atoms in total. The molecule has 0 radical (unpaired) electrons. The third-order valence-corrected chi connectivity index (χ3v) is 4.77. The summed E-state index contributed by atoms with van der Waals surface area (Å²) in [5, 5.41) is 3.91. The second-order valence-electron chi connectivity index (χ2n) is 7.06. The number of hydrogen-bond donors (Lipinski definition) is 1. The van der Waals surface area contributed by atoms with E-state index in [0.717, 1.165) is 18.7 Å². The molecule has 0 saturated carbocycles. The van der Waals surface area contributed by atoms with Crippen LogP contribution in [0.15, 0.2) is 24.3 Å². The van der Waals surface area contributed by atoms with Gasteiger partial charge in [0.25, 0.3) is 0 Å². The summed E-state index contributed by atoms with van der Waals surface area (Å²) < 4.78 is 6.13. The van der Waals surface area contributed by atoms with Crippen molar-refractivity contribution in [3.8, 4) is 5.75 Å². The van der Waals surface area contributed by atoms with Gasteiger partial charge in [-0.05, 0) is 45.8 Å². The Labute approximate surface area is 128 Å². The Kier molecular flexibility index (Phi) is 4.23. The molecule has 2 aliphatic rings. The smallest absolute Gasteiger partial charge is 0.124 e. The van der Waals surface area contributed by atoms with Crippen LogP contribution in [0.5, 0.6) is 5.75 Å². The van der Waals surface area contributed by atoms with E-state index in [1.807, 2.05) is 0 Å². The maximum Gasteiger partial charge on any atom is 0.124 e. The molecule has 1 aromatic carbocycles. The van der Waals surface area contributed by atoms with Gasteiger partial charge in [-0.2, -0.15) is 0 Å². The molecule has 21 heavy (non-hydrogen) atoms. The van der Waals surface area contributed by atoms with E-state index in [-0.39, 0.29) is 5.60 Å². The molecule has 0 amide bonds. The largest absolute Gasteiger partial charge is 0.487 e. The number of nitrogens with zero attached hydrogens (tertiary/aromatic N) is 1. The third-order valence-electron chi connectivity index (χ3n) is 4.77. The van der Waals surface area contributed by atoms with Gasteiger partial charge < -0.3 is 15.0 Å². The van der Waals surface area contributed by atoms with E-state index < -0.39 is 0 Å². The number of para-hydroxylation sites is 1. The second kappa shape index (κ2) is 5.98. The molecule has 2 heterocycles. The lowest BCUT2D eigenvalue weighted by Gasteiger charge is -2.41. The van der Waals surface area contributed by atoms with Gasteiger partial charge in [0.1, 0.15) is 11.4 Å². The molecule has 0 bridgehead atoms. The molecule has 116 valence electrons. The van der Waals surface area contributed by atoms with Crippen molar-refractivity contribution in [2.24, 2.45) is 0 Å². The molecule has 0 aliphatic carbocycles. The second-order valence-corrected chi connectivity index (χ2v) is 7.06. The van der Waals surface area contributed by atoms with E-state index in [4.69, 9.17) is 4.74 Å². The summed E-state index contributed by atoms with van der Waals surface area (Å²) in [5.74, 6) is 1.05. The van der Waals surface area contributed by atoms with Crippen molar-refractivity contribution >= 4 is 0 Å². The number of fused-ring (bicyclic) bond motifs is 1. The lowest BCUT2D eigenvalue weighted by molar-refractivity contribution is 0.0599. The van der Waals surface area contributed by atoms with Crippen LogP contribution in [-0.2, 0) is 0 Å². The Morgan fingerprint density at radius 2 is 2.14 bits per heavy atom. The summed E-state index contributed by atoms with van der Waals surface area (Å²) in [6.45, 7) is 10.2. The zero-order valence-electron chi connectivity index (χ0n) is 13.6. The minimum Gasteiger partial charge on any atom is -0.487 e. The molecular weight excluding hydrogens is 260 g/mol. The van der Waals surface area contributed by atoms with E-state index in [1.54, 1.807) is 0 Å². The SMILES string of the molecule is CCN1CCCC(NC2CC(C)(C)Oc3ccccc32)C1. The summed E-state index contributed by atoms with van der Waals surface area (Å²) >= 11 is 0. The number of piperidine rings is 1. The summed E-state index contributed by atoms with van der Waals surface area (Å²) in [7, 11) is 0. The van der Waals surface area contributed by atoms with Crippen molar-refractivity contribution in [3.63, 3.8) is 0 Å². The lowest BCUT2D eigenvalue weighted by atomic mass is 9.88. The van der Waals surface area contributed by atoms with Crippen molar-refractivity contribution in [1.82, 2.24) is 10.2 Å². The summed E-state index contributed by atoms with van der Waals surface area (Å²) in [6.07, 6.45) is 3.63. The Morgan fingerprint density at radius 3 is 2.95 bits per heavy atom. The molecular formula is C18H28N2O. The van der Waals surface area contributed by atoms with Crippen molar-refractivity contribution in [1.29, 1.82) is 0 Å². The first-order valence-electron chi connectivity index (χ1n) is 8.34. The average Bonchev–Trinajstić information content (AvgIpc) is 2.46. The van der Waals surface area contributed by atoms with Crippen LogP contribution in [0, 0.1) is 0 Å². The van der Waals surface area contributed by atoms with Gasteiger partial charge in [0.2, 0.25) is 0 Å². The minimum atomic E-state index is -0.0921. The number of hydrogen-bond acceptors (Lipinski definition) is 3. The quantitative estimate of drug-likeness (QED) is 0.923. The molecule has 0 spiro atoms. The van der Waals surface area contributed by atoms with E-state index in [9.17, 15) is 0 Å². The zero-order chi connectivity index (χ0) is 14.9. The fourth-order valence-corrected chi connectivity index (χ4v) is 3.71. The Hall–Kier alpha value is -1.06. The van der Waals surface area contributed by atoms with Crippen LogP contribution in [0.1, 0.15) is 51.6 Å². The molecule has 3 heteroatoms. The highest BCUT2D eigenvalue weighted by Crippen LogP contribution is 2.39. The Bertz CT molecular complexity index is 486. The monoisotopic (exact) mass is 288 g/mol. The highest BCUT2D eigenvalue weighted by Gasteiger charge is 2.34. The van der Waals surface area contributed by atoms with E-state index >= 15 is 0 Å². The molecule has 0 aromatic heterocycles. The summed E-state index contributed by atoms with van der Waals surface area (Å²) in [5.41, 5.74) is 1.23. The zero-order valence-corrected chi connectivity index (χ0v) is 13.6. The topological polar surface area (TPSA) is 24.5 Å². The first-order chi connectivity index (χ1) is 10.1. The first kappa shape index (κ1) is 14.9. The number of benzene rings is 1. The molecule has 1 aromatic rings. The molecule has 2 aliphatic heterocycles. The van der Waals surface area contributed by atoms with Crippen LogP contribution in [-0.4, -0.2) is 36.2 Å². The maximum atomic E-state index is 6.13. The van der Waals surface area contributed by atoms with E-state index in [2.05, 4.69) is 55.3 Å². The van der Waals surface area contributed by atoms with Crippen molar-refractivity contribution < 1.29 is 4.74 Å². The van der Waals surface area contributed by atoms with Gasteiger partial charge in [0.15, 0.2) is 0 Å². The normalized spacial score (nSPS) is 28.7. The van der Waals surface area contributed by atoms with Gasteiger partial charge in [-0.3, -0.25) is 0 Å². The number of nitrogens with one attached hydrogen (secondary N) is 1. The standard InChI is InChI=1S/C18H28N2O/c1-4-20-11-7-8-14(13-20)19-16-12-18(2,3)21-17-10-6-5-9-15(16)17/h5-6,9-10,14,16,19H,4,7-8,11-13H2,1-3H3. The van der Waals surface area contributed by atoms with Gasteiger partial charge in [0, 0.05) is 30.6 Å². The number of likely N-dealkylation sites (tertiary alicyclic amines) is 1. The van der Waals surface area contributed by atoms with Crippen molar-refractivity contribution in [2.75, 3.05) is 19.6 Å². The number of likely N-dealkylation sites (N-methyl/N-ethyl adjacent to an activating group) is 1. The molecule has 1 fully saturated rings. The number of rotatable bonds is 3. The number of ether oxygens (including phenoxy) is 1. The summed E-state index contributed by atoms with van der Waals surface area (Å²) in [4.78, 5) is 2.55. The van der Waals surface area contributed by atoms with Gasteiger partial charge in [0.05, 0.1) is 0 Å². The predicted molar refractivity (Wildman–Crippen MR) is 86.8 cm³/mol. The first-order valence-corrected chi connectivity index (χ1v) is 8.34. The molecule has 1 saturated heterocycles. The minimum absolute atomic E-state index is 0.0921. The van der Waals surface area contributed by atoms with Crippen molar-refractivity contribution in [2.45, 2.75) is 57.7 Å². The highest BCUT2D eigenvalue weighted by atomic mass is 16.5. The molecule has 2 atom stereocenters. The third kappa shape index (κ3) is 3.41. The fraction of sp³-hybridized carbons (Fsp3) is 0.667. The molecule has 2 unspecified atom stereocenters. The molecule has 1 N–H and O–H groups in total. The van der Waals surface area contributed by atoms with Gasteiger partial charge in [-0.15, -0.1) is 0 Å². The van der Waals surface area contributed by atoms with Crippen molar-refractivity contribution in [3.05, 3.63) is 29.8 Å². The maximum absolute atomic E-state index is 6.13. The predicted octanol–water partition coefficient (Wildman–Crippen LogP) is 3.36. The van der Waals surface area contributed by atoms with E-state index in [1.165, 1.54) is 31.5 Å². The Balaban J connectivity index is 1.75. The van der Waals surface area contributed by atoms with Crippen LogP contribution < -0.4 is 10.1 Å². The van der Waals surface area contributed by atoms with Crippen LogP contribution in [0.2, 0.25) is 0 Å². The average molecular weight is 288 g/mol. The lowest BCUT2D eigenvalue weighted by Crippen LogP contribution is -2.49. The molecule has 3 rings (SSSR count). The van der Waals surface area contributed by atoms with Crippen LogP contribution in [0.3, 0.4) is 0 Å². The fourth-order valence-electron chi connectivity index (χ4n) is 3.71.